The van der Waals surface area contributed by atoms with Crippen LogP contribution in [0.1, 0.15) is 67.6 Å². The predicted octanol–water partition coefficient (Wildman–Crippen LogP) is 4.26. The highest BCUT2D eigenvalue weighted by atomic mass is 16.6. The molecule has 1 rings (SSSR count). The molecular formula is C19H25BO2. The zero-order valence-electron chi connectivity index (χ0n) is 14.5. The molecule has 116 valence electrons. The van der Waals surface area contributed by atoms with Crippen molar-refractivity contribution in [3.05, 3.63) is 34.4 Å². The van der Waals surface area contributed by atoms with Gasteiger partial charge in [-0.25, -0.2) is 4.79 Å². The van der Waals surface area contributed by atoms with Crippen LogP contribution >= 0.6 is 0 Å². The van der Waals surface area contributed by atoms with Gasteiger partial charge in [0.25, 0.3) is 0 Å². The first-order valence-electron chi connectivity index (χ1n) is 7.65. The van der Waals surface area contributed by atoms with Crippen LogP contribution in [0.4, 0.5) is 0 Å². The molecule has 0 N–H and O–H groups in total. The molecule has 22 heavy (non-hydrogen) atoms. The standard InChI is InChI=1S/C19H25BO2/c1-8-14-10-15(16(11-20)12(2)3)9-13(4)17(14)18(21)22-19(5,6)7/h1,9-10,12,16H,11H2,2-7H3. The molecule has 0 aromatic heterocycles. The molecule has 0 aliphatic heterocycles. The molecule has 0 amide bonds. The fraction of sp³-hybridized carbons (Fsp3) is 0.526. The zero-order valence-corrected chi connectivity index (χ0v) is 14.5. The third kappa shape index (κ3) is 4.40. The van der Waals surface area contributed by atoms with Crippen molar-refractivity contribution in [2.24, 2.45) is 5.92 Å². The number of benzene rings is 1. The zero-order chi connectivity index (χ0) is 17.1. The largest absolute Gasteiger partial charge is 0.456 e. The van der Waals surface area contributed by atoms with E-state index in [9.17, 15) is 4.79 Å². The number of hydrogen-bond donors (Lipinski definition) is 0. The minimum Gasteiger partial charge on any atom is -0.456 e. The summed E-state index contributed by atoms with van der Waals surface area (Å²) in [5.41, 5.74) is 2.41. The number of carbonyl (C=O) groups is 1. The van der Waals surface area contributed by atoms with Gasteiger partial charge in [0, 0.05) is 5.56 Å². The summed E-state index contributed by atoms with van der Waals surface area (Å²) in [7, 11) is 5.89. The van der Waals surface area contributed by atoms with E-state index in [2.05, 4.69) is 19.8 Å². The van der Waals surface area contributed by atoms with Crippen LogP contribution in [0.25, 0.3) is 0 Å². The Hall–Kier alpha value is -1.69. The van der Waals surface area contributed by atoms with Crippen LogP contribution in [0, 0.1) is 25.2 Å². The summed E-state index contributed by atoms with van der Waals surface area (Å²) >= 11 is 0. The van der Waals surface area contributed by atoms with Gasteiger partial charge < -0.3 is 4.74 Å². The molecule has 0 aliphatic rings. The van der Waals surface area contributed by atoms with Crippen LogP contribution in [-0.4, -0.2) is 19.4 Å². The summed E-state index contributed by atoms with van der Waals surface area (Å²) in [5.74, 6) is 2.87. The van der Waals surface area contributed by atoms with E-state index in [4.69, 9.17) is 19.0 Å². The van der Waals surface area contributed by atoms with E-state index >= 15 is 0 Å². The second-order valence-electron chi connectivity index (χ2n) is 6.99. The maximum atomic E-state index is 12.4. The van der Waals surface area contributed by atoms with Gasteiger partial charge >= 0.3 is 5.97 Å². The van der Waals surface area contributed by atoms with Crippen molar-refractivity contribution < 1.29 is 9.53 Å². The van der Waals surface area contributed by atoms with Crippen LogP contribution in [0.5, 0.6) is 0 Å². The van der Waals surface area contributed by atoms with E-state index in [0.717, 1.165) is 11.1 Å². The van der Waals surface area contributed by atoms with Crippen molar-refractivity contribution in [3.8, 4) is 12.3 Å². The minimum absolute atomic E-state index is 0.221. The summed E-state index contributed by atoms with van der Waals surface area (Å²) in [5, 5.41) is 0. The highest BCUT2D eigenvalue weighted by molar-refractivity contribution is 6.09. The lowest BCUT2D eigenvalue weighted by Crippen LogP contribution is -2.25. The average Bonchev–Trinajstić information content (AvgIpc) is 2.35. The summed E-state index contributed by atoms with van der Waals surface area (Å²) in [6.07, 6.45) is 6.17. The van der Waals surface area contributed by atoms with Gasteiger partial charge in [-0.2, -0.15) is 0 Å². The molecule has 2 nitrogen and oxygen atoms in total. The van der Waals surface area contributed by atoms with Gasteiger partial charge in [-0.3, -0.25) is 0 Å². The molecular weight excluding hydrogens is 271 g/mol. The Bertz CT molecular complexity index is 589. The monoisotopic (exact) mass is 296 g/mol. The maximum Gasteiger partial charge on any atom is 0.340 e. The Kier molecular flexibility index (Phi) is 5.88. The van der Waals surface area contributed by atoms with E-state index < -0.39 is 5.60 Å². The average molecular weight is 296 g/mol. The van der Waals surface area contributed by atoms with Crippen LogP contribution in [-0.2, 0) is 4.74 Å². The molecule has 0 spiro atoms. The fourth-order valence-corrected chi connectivity index (χ4v) is 2.54. The third-order valence-electron chi connectivity index (χ3n) is 3.60. The summed E-state index contributed by atoms with van der Waals surface area (Å²) in [4.78, 5) is 12.4. The Morgan fingerprint density at radius 2 is 1.95 bits per heavy atom. The third-order valence-corrected chi connectivity index (χ3v) is 3.60. The van der Waals surface area contributed by atoms with Crippen molar-refractivity contribution >= 4 is 13.8 Å². The van der Waals surface area contributed by atoms with Crippen molar-refractivity contribution in [3.63, 3.8) is 0 Å². The Labute approximate surface area is 136 Å². The topological polar surface area (TPSA) is 26.3 Å². The van der Waals surface area contributed by atoms with Gasteiger partial charge in [0.15, 0.2) is 0 Å². The molecule has 0 aliphatic carbocycles. The lowest BCUT2D eigenvalue weighted by Gasteiger charge is -2.23. The molecule has 1 atom stereocenters. The van der Waals surface area contributed by atoms with Crippen LogP contribution in [0.2, 0.25) is 6.32 Å². The number of esters is 1. The molecule has 3 heteroatoms. The van der Waals surface area contributed by atoms with E-state index in [0.29, 0.717) is 23.4 Å². The Morgan fingerprint density at radius 3 is 2.36 bits per heavy atom. The summed E-state index contributed by atoms with van der Waals surface area (Å²) < 4.78 is 5.46. The first-order valence-corrected chi connectivity index (χ1v) is 7.65. The van der Waals surface area contributed by atoms with Gasteiger partial charge in [-0.05, 0) is 56.7 Å². The predicted molar refractivity (Wildman–Crippen MR) is 92.4 cm³/mol. The smallest absolute Gasteiger partial charge is 0.340 e. The second-order valence-corrected chi connectivity index (χ2v) is 6.99. The first kappa shape index (κ1) is 18.4. The normalized spacial score (nSPS) is 12.8. The van der Waals surface area contributed by atoms with Crippen molar-refractivity contribution in [2.45, 2.75) is 59.4 Å². The van der Waals surface area contributed by atoms with Gasteiger partial charge in [-0.1, -0.05) is 32.2 Å². The number of hydrogen-bond acceptors (Lipinski definition) is 2. The number of rotatable bonds is 4. The fourth-order valence-electron chi connectivity index (χ4n) is 2.54. The number of terminal acetylenes is 1. The highest BCUT2D eigenvalue weighted by Gasteiger charge is 2.24. The number of ether oxygens (including phenoxy) is 1. The van der Waals surface area contributed by atoms with E-state index in [-0.39, 0.29) is 11.9 Å². The molecule has 0 saturated carbocycles. The van der Waals surface area contributed by atoms with E-state index in [1.165, 1.54) is 0 Å². The second kappa shape index (κ2) is 7.05. The van der Waals surface area contributed by atoms with Gasteiger partial charge in [-0.15, -0.1) is 6.42 Å². The Morgan fingerprint density at radius 1 is 1.36 bits per heavy atom. The van der Waals surface area contributed by atoms with Gasteiger partial charge in [0.05, 0.1) is 13.4 Å². The van der Waals surface area contributed by atoms with Crippen molar-refractivity contribution in [2.75, 3.05) is 0 Å². The molecule has 1 aromatic carbocycles. The molecule has 0 heterocycles. The molecule has 2 radical (unpaired) electrons. The quantitative estimate of drug-likeness (QED) is 0.471. The SMILES string of the molecule is [B]CC(c1cc(C)c(C(=O)OC(C)(C)C)c(C#C)c1)C(C)C. The minimum atomic E-state index is -0.550. The van der Waals surface area contributed by atoms with Gasteiger partial charge in [0.1, 0.15) is 5.60 Å². The number of aryl methyl sites for hydroxylation is 1. The van der Waals surface area contributed by atoms with Crippen molar-refractivity contribution in [1.82, 2.24) is 0 Å². The summed E-state index contributed by atoms with van der Waals surface area (Å²) in [6.45, 7) is 11.7. The Balaban J connectivity index is 3.34. The van der Waals surface area contributed by atoms with Crippen LogP contribution in [0.3, 0.4) is 0 Å². The first-order chi connectivity index (χ1) is 10.1. The van der Waals surface area contributed by atoms with Gasteiger partial charge in [0.2, 0.25) is 0 Å². The highest BCUT2D eigenvalue weighted by Crippen LogP contribution is 2.31. The van der Waals surface area contributed by atoms with Crippen molar-refractivity contribution in [1.29, 1.82) is 0 Å². The molecule has 0 fully saturated rings. The maximum absolute atomic E-state index is 12.4. The molecule has 0 saturated heterocycles. The number of carbonyl (C=O) groups excluding carboxylic acids is 1. The van der Waals surface area contributed by atoms with Crippen LogP contribution in [0.15, 0.2) is 12.1 Å². The summed E-state index contributed by atoms with van der Waals surface area (Å²) in [6, 6.07) is 3.89. The lowest BCUT2D eigenvalue weighted by atomic mass is 9.77. The van der Waals surface area contributed by atoms with E-state index in [1.54, 1.807) is 0 Å². The van der Waals surface area contributed by atoms with Crippen LogP contribution < -0.4 is 0 Å². The molecule has 0 bridgehead atoms. The molecule has 1 aromatic rings. The van der Waals surface area contributed by atoms with E-state index in [1.807, 2.05) is 39.8 Å². The molecule has 1 unspecified atom stereocenters. The lowest BCUT2D eigenvalue weighted by molar-refractivity contribution is 0.00685.